The van der Waals surface area contributed by atoms with E-state index in [-0.39, 0.29) is 5.75 Å². The summed E-state index contributed by atoms with van der Waals surface area (Å²) in [5.74, 6) is 0.454. The minimum Gasteiger partial charge on any atom is -0.508 e. The minimum absolute atomic E-state index is 0.147. The Morgan fingerprint density at radius 1 is 0.607 bits per heavy atom. The highest BCUT2D eigenvalue weighted by Crippen LogP contribution is 2.23. The summed E-state index contributed by atoms with van der Waals surface area (Å²) in [5, 5.41) is 18.3. The van der Waals surface area contributed by atoms with Crippen molar-refractivity contribution in [1.82, 2.24) is 0 Å². The average Bonchev–Trinajstić information content (AvgIpc) is 2.70. The molecule has 0 saturated carbocycles. The maximum absolute atomic E-state index is 9.58. The Kier molecular flexibility index (Phi) is 15.8. The summed E-state index contributed by atoms with van der Waals surface area (Å²) in [6.45, 7) is 2.28. The molecule has 0 radical (unpaired) electrons. The van der Waals surface area contributed by atoms with Crippen molar-refractivity contribution >= 4 is 0 Å². The molecule has 0 aliphatic carbocycles. The SMILES string of the molecule is CCCCCCCCCCCCCCCCCCCc1cc(O)cc(OO)c1. The zero-order valence-corrected chi connectivity index (χ0v) is 18.3. The van der Waals surface area contributed by atoms with Crippen LogP contribution in [0.3, 0.4) is 0 Å². The first-order chi connectivity index (χ1) is 13.8. The molecule has 0 spiro atoms. The van der Waals surface area contributed by atoms with Crippen molar-refractivity contribution in [2.24, 2.45) is 0 Å². The van der Waals surface area contributed by atoms with Gasteiger partial charge in [0.25, 0.3) is 0 Å². The predicted octanol–water partition coefficient (Wildman–Crippen LogP) is 8.44. The minimum atomic E-state index is 0.147. The Morgan fingerprint density at radius 2 is 1.04 bits per heavy atom. The molecule has 0 atom stereocenters. The summed E-state index contributed by atoms with van der Waals surface area (Å²) in [6, 6.07) is 4.94. The molecular weight excluding hydrogens is 348 g/mol. The lowest BCUT2D eigenvalue weighted by Gasteiger charge is -2.05. The molecule has 2 N–H and O–H groups in total. The van der Waals surface area contributed by atoms with Gasteiger partial charge in [0.2, 0.25) is 0 Å². The molecule has 0 aliphatic rings. The number of benzene rings is 1. The molecule has 0 unspecified atom stereocenters. The van der Waals surface area contributed by atoms with Crippen LogP contribution in [0.15, 0.2) is 18.2 Å². The summed E-state index contributed by atoms with van der Waals surface area (Å²) in [4.78, 5) is 4.21. The number of hydrogen-bond acceptors (Lipinski definition) is 3. The van der Waals surface area contributed by atoms with Crippen LogP contribution in [0.1, 0.15) is 122 Å². The summed E-state index contributed by atoms with van der Waals surface area (Å²) in [7, 11) is 0. The Labute approximate surface area is 173 Å². The molecule has 0 heterocycles. The zero-order valence-electron chi connectivity index (χ0n) is 18.3. The molecule has 0 aliphatic heterocycles. The third kappa shape index (κ3) is 13.9. The van der Waals surface area contributed by atoms with Crippen molar-refractivity contribution in [2.45, 2.75) is 122 Å². The Balaban J connectivity index is 1.82. The lowest BCUT2D eigenvalue weighted by atomic mass is 10.0. The van der Waals surface area contributed by atoms with E-state index in [1.807, 2.05) is 0 Å². The Hall–Kier alpha value is -1.22. The van der Waals surface area contributed by atoms with Gasteiger partial charge in [-0.1, -0.05) is 110 Å². The molecule has 0 fully saturated rings. The van der Waals surface area contributed by atoms with Crippen molar-refractivity contribution < 1.29 is 15.3 Å². The van der Waals surface area contributed by atoms with Crippen LogP contribution >= 0.6 is 0 Å². The molecule has 1 aromatic carbocycles. The number of phenolic OH excluding ortho intramolecular Hbond substituents is 1. The summed E-state index contributed by atoms with van der Waals surface area (Å²) in [6.07, 6.45) is 24.3. The van der Waals surface area contributed by atoms with Crippen molar-refractivity contribution in [3.63, 3.8) is 0 Å². The fourth-order valence-electron chi connectivity index (χ4n) is 3.89. The van der Waals surface area contributed by atoms with Crippen molar-refractivity contribution in [1.29, 1.82) is 0 Å². The third-order valence-electron chi connectivity index (χ3n) is 5.63. The third-order valence-corrected chi connectivity index (χ3v) is 5.63. The molecule has 1 aromatic rings. The maximum Gasteiger partial charge on any atom is 0.169 e. The van der Waals surface area contributed by atoms with E-state index in [2.05, 4.69) is 11.8 Å². The van der Waals surface area contributed by atoms with Gasteiger partial charge >= 0.3 is 0 Å². The molecule has 162 valence electrons. The van der Waals surface area contributed by atoms with Crippen LogP contribution in [-0.2, 0) is 6.42 Å². The number of hydrogen-bond donors (Lipinski definition) is 2. The summed E-state index contributed by atoms with van der Waals surface area (Å²) >= 11 is 0. The number of aromatic hydroxyl groups is 1. The smallest absolute Gasteiger partial charge is 0.169 e. The second kappa shape index (κ2) is 17.8. The molecular formula is C25H44O3. The van der Waals surface area contributed by atoms with E-state index in [1.165, 1.54) is 109 Å². The summed E-state index contributed by atoms with van der Waals surface area (Å²) < 4.78 is 0. The Bertz CT molecular complexity index is 473. The fourth-order valence-corrected chi connectivity index (χ4v) is 3.89. The van der Waals surface area contributed by atoms with Crippen LogP contribution in [-0.4, -0.2) is 10.4 Å². The lowest BCUT2D eigenvalue weighted by molar-refractivity contribution is -0.137. The van der Waals surface area contributed by atoms with Crippen LogP contribution in [0, 0.1) is 0 Å². The number of rotatable bonds is 19. The van der Waals surface area contributed by atoms with E-state index >= 15 is 0 Å². The van der Waals surface area contributed by atoms with E-state index in [0.717, 1.165) is 18.4 Å². The first kappa shape index (κ1) is 24.8. The van der Waals surface area contributed by atoms with E-state index in [4.69, 9.17) is 5.26 Å². The predicted molar refractivity (Wildman–Crippen MR) is 119 cm³/mol. The van der Waals surface area contributed by atoms with Crippen LogP contribution < -0.4 is 4.89 Å². The van der Waals surface area contributed by atoms with Crippen molar-refractivity contribution in [2.75, 3.05) is 0 Å². The van der Waals surface area contributed by atoms with Crippen LogP contribution in [0.5, 0.6) is 11.5 Å². The highest BCUT2D eigenvalue weighted by Gasteiger charge is 2.02. The molecule has 28 heavy (non-hydrogen) atoms. The normalized spacial score (nSPS) is 11.1. The molecule has 0 saturated heterocycles. The van der Waals surface area contributed by atoms with Gasteiger partial charge in [0.1, 0.15) is 5.75 Å². The van der Waals surface area contributed by atoms with Gasteiger partial charge in [-0.25, -0.2) is 5.26 Å². The maximum atomic E-state index is 9.58. The van der Waals surface area contributed by atoms with Gasteiger partial charge in [-0.15, -0.1) is 0 Å². The van der Waals surface area contributed by atoms with Crippen molar-refractivity contribution in [3.05, 3.63) is 23.8 Å². The van der Waals surface area contributed by atoms with Crippen LogP contribution in [0.2, 0.25) is 0 Å². The molecule has 0 bridgehead atoms. The number of aryl methyl sites for hydroxylation is 1. The monoisotopic (exact) mass is 392 g/mol. The molecule has 0 amide bonds. The van der Waals surface area contributed by atoms with E-state index in [0.29, 0.717) is 5.75 Å². The van der Waals surface area contributed by atoms with Crippen LogP contribution in [0.4, 0.5) is 0 Å². The highest BCUT2D eigenvalue weighted by molar-refractivity contribution is 5.37. The highest BCUT2D eigenvalue weighted by atomic mass is 17.1. The van der Waals surface area contributed by atoms with Gasteiger partial charge in [0.05, 0.1) is 0 Å². The number of phenols is 1. The second-order valence-electron chi connectivity index (χ2n) is 8.33. The van der Waals surface area contributed by atoms with Gasteiger partial charge in [-0.2, -0.15) is 0 Å². The van der Waals surface area contributed by atoms with Crippen molar-refractivity contribution in [3.8, 4) is 11.5 Å². The molecule has 1 rings (SSSR count). The molecule has 3 nitrogen and oxygen atoms in total. The van der Waals surface area contributed by atoms with Gasteiger partial charge in [-0.05, 0) is 30.5 Å². The quantitative estimate of drug-likeness (QED) is 0.141. The standard InChI is InChI=1S/C25H44O3/c1-2-3-4-5-6-7-8-9-10-11-12-13-14-15-16-17-18-19-23-20-24(26)22-25(21-23)28-27/h20-22,26-27H,2-19H2,1H3. The van der Waals surface area contributed by atoms with E-state index in [1.54, 1.807) is 12.1 Å². The lowest BCUT2D eigenvalue weighted by Crippen LogP contribution is -1.90. The fraction of sp³-hybridized carbons (Fsp3) is 0.760. The first-order valence-electron chi connectivity index (χ1n) is 11.9. The van der Waals surface area contributed by atoms with Gasteiger partial charge in [0, 0.05) is 6.07 Å². The molecule has 3 heteroatoms. The largest absolute Gasteiger partial charge is 0.508 e. The Morgan fingerprint density at radius 3 is 1.46 bits per heavy atom. The first-order valence-corrected chi connectivity index (χ1v) is 11.9. The van der Waals surface area contributed by atoms with Gasteiger partial charge in [-0.3, -0.25) is 0 Å². The summed E-state index contributed by atoms with van der Waals surface area (Å²) in [5.41, 5.74) is 1.02. The molecule has 0 aromatic heterocycles. The van der Waals surface area contributed by atoms with Gasteiger partial charge < -0.3 is 9.99 Å². The van der Waals surface area contributed by atoms with Gasteiger partial charge in [0.15, 0.2) is 5.75 Å². The average molecular weight is 393 g/mol. The second-order valence-corrected chi connectivity index (χ2v) is 8.33. The van der Waals surface area contributed by atoms with E-state index < -0.39 is 0 Å². The van der Waals surface area contributed by atoms with E-state index in [9.17, 15) is 5.11 Å². The number of unbranched alkanes of at least 4 members (excludes halogenated alkanes) is 16. The topological polar surface area (TPSA) is 49.7 Å². The van der Waals surface area contributed by atoms with Crippen LogP contribution in [0.25, 0.3) is 0 Å². The zero-order chi connectivity index (χ0) is 20.3.